The van der Waals surface area contributed by atoms with Gasteiger partial charge in [-0.1, -0.05) is 13.0 Å². The molecular weight excluding hydrogens is 228 g/mol. The van der Waals surface area contributed by atoms with Crippen LogP contribution in [-0.4, -0.2) is 24.9 Å². The second-order valence-electron chi connectivity index (χ2n) is 4.94. The van der Waals surface area contributed by atoms with Crippen LogP contribution < -0.4 is 4.74 Å². The van der Waals surface area contributed by atoms with Crippen LogP contribution in [0.5, 0.6) is 5.75 Å². The van der Waals surface area contributed by atoms with Crippen molar-refractivity contribution < 1.29 is 14.6 Å². The predicted octanol–water partition coefficient (Wildman–Crippen LogP) is 2.85. The summed E-state index contributed by atoms with van der Waals surface area (Å²) in [6, 6.07) is 5.88. The Balaban J connectivity index is 2.18. The molecule has 1 N–H and O–H groups in total. The molecule has 3 atom stereocenters. The van der Waals surface area contributed by atoms with E-state index in [-0.39, 0.29) is 12.0 Å². The highest BCUT2D eigenvalue weighted by molar-refractivity contribution is 5.37. The summed E-state index contributed by atoms with van der Waals surface area (Å²) >= 11 is 0. The highest BCUT2D eigenvalue weighted by Crippen LogP contribution is 2.35. The third kappa shape index (κ3) is 2.52. The summed E-state index contributed by atoms with van der Waals surface area (Å²) in [4.78, 5) is 0. The van der Waals surface area contributed by atoms with Crippen molar-refractivity contribution in [3.8, 4) is 5.75 Å². The van der Waals surface area contributed by atoms with Crippen LogP contribution in [0.4, 0.5) is 0 Å². The number of rotatable bonds is 4. The van der Waals surface area contributed by atoms with Crippen LogP contribution in [0.3, 0.4) is 0 Å². The van der Waals surface area contributed by atoms with Gasteiger partial charge in [-0.3, -0.25) is 0 Å². The largest absolute Gasteiger partial charge is 0.496 e. The lowest BCUT2D eigenvalue weighted by atomic mass is 9.88. The van der Waals surface area contributed by atoms with Gasteiger partial charge in [0.25, 0.3) is 0 Å². The van der Waals surface area contributed by atoms with Gasteiger partial charge in [-0.05, 0) is 43.0 Å². The Morgan fingerprint density at radius 2 is 2.28 bits per heavy atom. The van der Waals surface area contributed by atoms with Crippen molar-refractivity contribution in [3.05, 3.63) is 29.3 Å². The molecular formula is C15H22O3. The van der Waals surface area contributed by atoms with Crippen molar-refractivity contribution in [1.82, 2.24) is 0 Å². The lowest BCUT2D eigenvalue weighted by molar-refractivity contribution is 0.0307. The first kappa shape index (κ1) is 13.4. The topological polar surface area (TPSA) is 38.7 Å². The van der Waals surface area contributed by atoms with E-state index in [2.05, 4.69) is 6.92 Å². The number of hydrogen-bond acceptors (Lipinski definition) is 3. The van der Waals surface area contributed by atoms with Crippen LogP contribution in [-0.2, 0) is 4.74 Å². The summed E-state index contributed by atoms with van der Waals surface area (Å²) in [7, 11) is 1.66. The minimum absolute atomic E-state index is 0.183. The first-order valence-electron chi connectivity index (χ1n) is 6.61. The number of aryl methyl sites for hydroxylation is 1. The molecule has 0 spiro atoms. The van der Waals surface area contributed by atoms with Crippen LogP contribution >= 0.6 is 0 Å². The maximum Gasteiger partial charge on any atom is 0.121 e. The molecule has 1 fully saturated rings. The standard InChI is InChI=1S/C15H22O3/c1-4-13-12(7-8-18-13)15(16)11-5-6-14(17-3)10(2)9-11/h5-6,9,12-13,15-16H,4,7-8H2,1-3H3. The zero-order valence-electron chi connectivity index (χ0n) is 11.3. The molecule has 0 bridgehead atoms. The molecule has 1 aliphatic rings. The predicted molar refractivity (Wildman–Crippen MR) is 70.8 cm³/mol. The van der Waals surface area contributed by atoms with E-state index in [0.29, 0.717) is 0 Å². The van der Waals surface area contributed by atoms with E-state index in [0.717, 1.165) is 36.3 Å². The number of aliphatic hydroxyl groups excluding tert-OH is 1. The van der Waals surface area contributed by atoms with Gasteiger partial charge >= 0.3 is 0 Å². The van der Waals surface area contributed by atoms with E-state index in [4.69, 9.17) is 9.47 Å². The molecule has 1 aromatic rings. The molecule has 0 radical (unpaired) electrons. The number of hydrogen-bond donors (Lipinski definition) is 1. The highest BCUT2D eigenvalue weighted by Gasteiger charge is 2.33. The van der Waals surface area contributed by atoms with Gasteiger partial charge in [0.1, 0.15) is 5.75 Å². The number of benzene rings is 1. The molecule has 0 amide bonds. The van der Waals surface area contributed by atoms with Crippen molar-refractivity contribution in [2.75, 3.05) is 13.7 Å². The maximum absolute atomic E-state index is 10.5. The summed E-state index contributed by atoms with van der Waals surface area (Å²) in [5.74, 6) is 1.07. The van der Waals surface area contributed by atoms with E-state index in [9.17, 15) is 5.11 Å². The Morgan fingerprint density at radius 1 is 1.50 bits per heavy atom. The van der Waals surface area contributed by atoms with Gasteiger partial charge in [-0.15, -0.1) is 0 Å². The fourth-order valence-corrected chi connectivity index (χ4v) is 2.78. The van der Waals surface area contributed by atoms with Gasteiger partial charge < -0.3 is 14.6 Å². The first-order valence-corrected chi connectivity index (χ1v) is 6.61. The maximum atomic E-state index is 10.5. The quantitative estimate of drug-likeness (QED) is 0.893. The zero-order chi connectivity index (χ0) is 13.1. The molecule has 18 heavy (non-hydrogen) atoms. The summed E-state index contributed by atoms with van der Waals surface area (Å²) in [5.41, 5.74) is 2.02. The van der Waals surface area contributed by atoms with Crippen LogP contribution in [0.25, 0.3) is 0 Å². The lowest BCUT2D eigenvalue weighted by Crippen LogP contribution is -2.22. The number of aliphatic hydroxyl groups is 1. The molecule has 0 aliphatic carbocycles. The Morgan fingerprint density at radius 3 is 2.89 bits per heavy atom. The minimum Gasteiger partial charge on any atom is -0.496 e. The first-order chi connectivity index (χ1) is 8.67. The Labute approximate surface area is 109 Å². The molecule has 100 valence electrons. The average Bonchev–Trinajstić information content (AvgIpc) is 2.86. The van der Waals surface area contributed by atoms with Crippen LogP contribution in [0.2, 0.25) is 0 Å². The molecule has 0 aromatic heterocycles. The molecule has 3 nitrogen and oxygen atoms in total. The van der Waals surface area contributed by atoms with E-state index in [1.54, 1.807) is 7.11 Å². The number of methoxy groups -OCH3 is 1. The van der Waals surface area contributed by atoms with Gasteiger partial charge in [0.2, 0.25) is 0 Å². The molecule has 0 saturated carbocycles. The van der Waals surface area contributed by atoms with E-state index in [1.165, 1.54) is 0 Å². The monoisotopic (exact) mass is 250 g/mol. The van der Waals surface area contributed by atoms with Crippen LogP contribution in [0.1, 0.15) is 37.0 Å². The fraction of sp³-hybridized carbons (Fsp3) is 0.600. The van der Waals surface area contributed by atoms with Crippen molar-refractivity contribution >= 4 is 0 Å². The minimum atomic E-state index is -0.443. The molecule has 1 aromatic carbocycles. The second kappa shape index (κ2) is 5.72. The summed E-state index contributed by atoms with van der Waals surface area (Å²) in [5, 5.41) is 10.5. The fourth-order valence-electron chi connectivity index (χ4n) is 2.78. The van der Waals surface area contributed by atoms with Crippen molar-refractivity contribution in [3.63, 3.8) is 0 Å². The summed E-state index contributed by atoms with van der Waals surface area (Å²) in [6.45, 7) is 4.86. The van der Waals surface area contributed by atoms with Crippen LogP contribution in [0.15, 0.2) is 18.2 Å². The Bertz CT molecular complexity index is 403. The van der Waals surface area contributed by atoms with Gasteiger partial charge in [0.15, 0.2) is 0 Å². The third-order valence-electron chi connectivity index (χ3n) is 3.83. The SMILES string of the molecule is CCC1OCCC1C(O)c1ccc(OC)c(C)c1. The Kier molecular flexibility index (Phi) is 4.25. The van der Waals surface area contributed by atoms with Crippen LogP contribution in [0, 0.1) is 12.8 Å². The van der Waals surface area contributed by atoms with E-state index >= 15 is 0 Å². The summed E-state index contributed by atoms with van der Waals surface area (Å²) in [6.07, 6.45) is 1.63. The summed E-state index contributed by atoms with van der Waals surface area (Å²) < 4.78 is 10.9. The second-order valence-corrected chi connectivity index (χ2v) is 4.94. The lowest BCUT2D eigenvalue weighted by Gasteiger charge is -2.23. The molecule has 2 rings (SSSR count). The smallest absolute Gasteiger partial charge is 0.121 e. The van der Waals surface area contributed by atoms with Gasteiger partial charge in [-0.25, -0.2) is 0 Å². The number of ether oxygens (including phenoxy) is 2. The molecule has 3 unspecified atom stereocenters. The highest BCUT2D eigenvalue weighted by atomic mass is 16.5. The van der Waals surface area contributed by atoms with Crippen molar-refractivity contribution in [1.29, 1.82) is 0 Å². The van der Waals surface area contributed by atoms with E-state index in [1.807, 2.05) is 25.1 Å². The Hall–Kier alpha value is -1.06. The van der Waals surface area contributed by atoms with Crippen molar-refractivity contribution in [2.24, 2.45) is 5.92 Å². The van der Waals surface area contributed by atoms with Crippen molar-refractivity contribution in [2.45, 2.75) is 38.9 Å². The zero-order valence-corrected chi connectivity index (χ0v) is 11.3. The molecule has 1 saturated heterocycles. The van der Waals surface area contributed by atoms with Gasteiger partial charge in [0, 0.05) is 12.5 Å². The van der Waals surface area contributed by atoms with Gasteiger partial charge in [0.05, 0.1) is 19.3 Å². The van der Waals surface area contributed by atoms with E-state index < -0.39 is 6.10 Å². The molecule has 3 heteroatoms. The normalized spacial score (nSPS) is 25.1. The average molecular weight is 250 g/mol. The molecule has 1 heterocycles. The van der Waals surface area contributed by atoms with Gasteiger partial charge in [-0.2, -0.15) is 0 Å². The molecule has 1 aliphatic heterocycles. The third-order valence-corrected chi connectivity index (χ3v) is 3.83.